The van der Waals surface area contributed by atoms with Crippen LogP contribution in [0, 0.1) is 6.92 Å². The Morgan fingerprint density at radius 2 is 2.00 bits per heavy atom. The molecule has 0 bridgehead atoms. The Labute approximate surface area is 176 Å². The number of rotatable bonds is 8. The molecule has 0 saturated heterocycles. The number of carbonyl (C=O) groups excluding carboxylic acids is 1. The molecule has 2 N–H and O–H groups in total. The summed E-state index contributed by atoms with van der Waals surface area (Å²) in [6.07, 6.45) is 3.29. The minimum Gasteiger partial charge on any atom is -0.322 e. The van der Waals surface area contributed by atoms with Crippen molar-refractivity contribution in [2.45, 2.75) is 51.5 Å². The maximum absolute atomic E-state index is 13.0. The van der Waals surface area contributed by atoms with Gasteiger partial charge in [0.05, 0.1) is 22.0 Å². The Morgan fingerprint density at radius 3 is 2.70 bits per heavy atom. The molecular formula is C21H27N5O3S. The Hall–Kier alpha value is -2.78. The number of carbonyl (C=O) groups is 1. The first-order chi connectivity index (χ1) is 14.2. The van der Waals surface area contributed by atoms with Crippen LogP contribution in [-0.4, -0.2) is 35.6 Å². The van der Waals surface area contributed by atoms with E-state index in [1.165, 1.54) is 12.1 Å². The minimum atomic E-state index is -3.63. The average molecular weight is 430 g/mol. The van der Waals surface area contributed by atoms with Crippen molar-refractivity contribution < 1.29 is 13.2 Å². The predicted molar refractivity (Wildman–Crippen MR) is 117 cm³/mol. The number of aryl methyl sites for hydroxylation is 1. The van der Waals surface area contributed by atoms with Crippen LogP contribution in [-0.2, 0) is 10.0 Å². The highest BCUT2D eigenvalue weighted by Crippen LogP contribution is 2.23. The lowest BCUT2D eigenvalue weighted by Crippen LogP contribution is -2.24. The lowest BCUT2D eigenvalue weighted by molar-refractivity contribution is 0.102. The number of nitrogens with zero attached hydrogens (tertiary/aromatic N) is 3. The summed E-state index contributed by atoms with van der Waals surface area (Å²) in [4.78, 5) is 17.6. The number of benzene rings is 1. The van der Waals surface area contributed by atoms with Gasteiger partial charge in [-0.2, -0.15) is 5.10 Å². The number of hydrogen-bond donors (Lipinski definition) is 2. The molecule has 0 atom stereocenters. The summed E-state index contributed by atoms with van der Waals surface area (Å²) in [6, 6.07) is 8.03. The van der Waals surface area contributed by atoms with Crippen LogP contribution in [0.1, 0.15) is 55.7 Å². The highest BCUT2D eigenvalue weighted by molar-refractivity contribution is 7.89. The first-order valence-corrected chi connectivity index (χ1v) is 11.5. The molecule has 1 amide bonds. The molecule has 0 aliphatic heterocycles. The number of hydrogen-bond acceptors (Lipinski definition) is 5. The van der Waals surface area contributed by atoms with E-state index in [1.807, 2.05) is 27.7 Å². The number of amides is 1. The van der Waals surface area contributed by atoms with Gasteiger partial charge in [0.25, 0.3) is 5.91 Å². The smallest absolute Gasteiger partial charge is 0.256 e. The Bertz CT molecular complexity index is 1170. The molecule has 0 aliphatic carbocycles. The van der Waals surface area contributed by atoms with Gasteiger partial charge in [0.1, 0.15) is 0 Å². The molecule has 0 saturated carbocycles. The van der Waals surface area contributed by atoms with E-state index in [0.717, 1.165) is 12.8 Å². The maximum atomic E-state index is 13.0. The summed E-state index contributed by atoms with van der Waals surface area (Å²) in [5.41, 5.74) is 2.19. The molecule has 0 unspecified atom stereocenters. The van der Waals surface area contributed by atoms with Gasteiger partial charge in [0, 0.05) is 24.0 Å². The second kappa shape index (κ2) is 8.93. The van der Waals surface area contributed by atoms with Crippen molar-refractivity contribution in [3.63, 3.8) is 0 Å². The largest absolute Gasteiger partial charge is 0.322 e. The lowest BCUT2D eigenvalue weighted by Gasteiger charge is -2.11. The van der Waals surface area contributed by atoms with Gasteiger partial charge in [0.2, 0.25) is 10.0 Å². The fourth-order valence-electron chi connectivity index (χ4n) is 3.12. The van der Waals surface area contributed by atoms with Crippen LogP contribution in [0.2, 0.25) is 0 Å². The van der Waals surface area contributed by atoms with Crippen LogP contribution in [0.15, 0.2) is 41.4 Å². The van der Waals surface area contributed by atoms with E-state index in [0.29, 0.717) is 34.5 Å². The van der Waals surface area contributed by atoms with Gasteiger partial charge in [-0.1, -0.05) is 19.4 Å². The number of fused-ring (bicyclic) bond motifs is 1. The van der Waals surface area contributed by atoms with Crippen molar-refractivity contribution in [3.05, 3.63) is 47.8 Å². The zero-order chi connectivity index (χ0) is 21.9. The minimum absolute atomic E-state index is 0.106. The summed E-state index contributed by atoms with van der Waals surface area (Å²) >= 11 is 0. The van der Waals surface area contributed by atoms with Gasteiger partial charge in [-0.05, 0) is 51.5 Å². The molecule has 9 heteroatoms. The Balaban J connectivity index is 1.89. The van der Waals surface area contributed by atoms with Crippen LogP contribution in [0.25, 0.3) is 11.0 Å². The molecule has 3 rings (SSSR count). The molecule has 30 heavy (non-hydrogen) atoms. The Morgan fingerprint density at radius 1 is 1.23 bits per heavy atom. The third-order valence-electron chi connectivity index (χ3n) is 4.65. The van der Waals surface area contributed by atoms with E-state index in [4.69, 9.17) is 0 Å². The number of aromatic nitrogens is 3. The fraction of sp³-hybridized carbons (Fsp3) is 0.381. The van der Waals surface area contributed by atoms with E-state index in [9.17, 15) is 13.2 Å². The normalized spacial score (nSPS) is 11.9. The molecule has 2 heterocycles. The van der Waals surface area contributed by atoms with E-state index >= 15 is 0 Å². The highest BCUT2D eigenvalue weighted by atomic mass is 32.2. The number of sulfonamides is 1. The van der Waals surface area contributed by atoms with Crippen molar-refractivity contribution in [2.75, 3.05) is 11.9 Å². The monoisotopic (exact) mass is 429 g/mol. The molecule has 160 valence electrons. The predicted octanol–water partition coefficient (Wildman–Crippen LogP) is 3.65. The second-order valence-corrected chi connectivity index (χ2v) is 9.23. The van der Waals surface area contributed by atoms with E-state index in [-0.39, 0.29) is 16.8 Å². The van der Waals surface area contributed by atoms with Crippen molar-refractivity contribution >= 4 is 32.7 Å². The van der Waals surface area contributed by atoms with Crippen LogP contribution < -0.4 is 10.0 Å². The molecular weight excluding hydrogens is 402 g/mol. The summed E-state index contributed by atoms with van der Waals surface area (Å²) in [7, 11) is -3.63. The van der Waals surface area contributed by atoms with E-state index in [1.54, 1.807) is 29.1 Å². The quantitative estimate of drug-likeness (QED) is 0.532. The Kier molecular flexibility index (Phi) is 6.52. The number of nitrogens with one attached hydrogen (secondary N) is 2. The topological polar surface area (TPSA) is 106 Å². The van der Waals surface area contributed by atoms with Gasteiger partial charge in [0.15, 0.2) is 5.65 Å². The van der Waals surface area contributed by atoms with Crippen molar-refractivity contribution in [1.29, 1.82) is 0 Å². The summed E-state index contributed by atoms with van der Waals surface area (Å²) in [6.45, 7) is 8.19. The third-order valence-corrected chi connectivity index (χ3v) is 6.11. The van der Waals surface area contributed by atoms with Gasteiger partial charge >= 0.3 is 0 Å². The van der Waals surface area contributed by atoms with Gasteiger partial charge in [-0.25, -0.2) is 22.8 Å². The summed E-state index contributed by atoms with van der Waals surface area (Å²) in [5.74, 6) is -0.345. The molecule has 0 spiro atoms. The third kappa shape index (κ3) is 4.68. The summed E-state index contributed by atoms with van der Waals surface area (Å²) < 4.78 is 29.3. The SMILES string of the molecule is CCCCNS(=O)(=O)c1cccc(NC(=O)c2cc(C)nc3c2cnn3C(C)C)c1. The molecule has 2 aromatic heterocycles. The maximum Gasteiger partial charge on any atom is 0.256 e. The standard InChI is InChI=1S/C21H27N5O3S/c1-5-6-10-23-30(28,29)17-9-7-8-16(12-17)25-21(27)18-11-15(4)24-20-19(18)13-22-26(20)14(2)3/h7-9,11-14,23H,5-6,10H2,1-4H3,(H,25,27). The zero-order valence-corrected chi connectivity index (χ0v) is 18.5. The molecule has 0 radical (unpaired) electrons. The molecule has 3 aromatic rings. The van der Waals surface area contributed by atoms with Gasteiger partial charge in [-0.3, -0.25) is 4.79 Å². The zero-order valence-electron chi connectivity index (χ0n) is 17.6. The molecule has 1 aromatic carbocycles. The van der Waals surface area contributed by atoms with E-state index < -0.39 is 10.0 Å². The lowest BCUT2D eigenvalue weighted by atomic mass is 10.1. The first-order valence-electron chi connectivity index (χ1n) is 9.99. The molecule has 0 aliphatic rings. The van der Waals surface area contributed by atoms with Crippen molar-refractivity contribution in [2.24, 2.45) is 0 Å². The number of unbranched alkanes of at least 4 members (excludes halogenated alkanes) is 1. The van der Waals surface area contributed by atoms with Gasteiger partial charge < -0.3 is 5.32 Å². The first kappa shape index (κ1) is 21.9. The van der Waals surface area contributed by atoms with E-state index in [2.05, 4.69) is 20.1 Å². The van der Waals surface area contributed by atoms with Gasteiger partial charge in [-0.15, -0.1) is 0 Å². The highest BCUT2D eigenvalue weighted by Gasteiger charge is 2.18. The van der Waals surface area contributed by atoms with Crippen LogP contribution in [0.4, 0.5) is 5.69 Å². The van der Waals surface area contributed by atoms with Crippen LogP contribution >= 0.6 is 0 Å². The molecule has 0 fully saturated rings. The summed E-state index contributed by atoms with van der Waals surface area (Å²) in [5, 5.41) is 7.80. The fourth-order valence-corrected chi connectivity index (χ4v) is 4.23. The van der Waals surface area contributed by atoms with Crippen LogP contribution in [0.5, 0.6) is 0 Å². The second-order valence-electron chi connectivity index (χ2n) is 7.46. The number of anilines is 1. The van der Waals surface area contributed by atoms with Crippen molar-refractivity contribution in [3.8, 4) is 0 Å². The number of pyridine rings is 1. The molecule has 8 nitrogen and oxygen atoms in total. The van der Waals surface area contributed by atoms with Crippen molar-refractivity contribution in [1.82, 2.24) is 19.5 Å². The van der Waals surface area contributed by atoms with Crippen LogP contribution in [0.3, 0.4) is 0 Å². The average Bonchev–Trinajstić information content (AvgIpc) is 3.11.